The van der Waals surface area contributed by atoms with Gasteiger partial charge in [-0.3, -0.25) is 9.59 Å². The number of aromatic nitrogens is 1. The molecular weight excluding hydrogens is 430 g/mol. The smallest absolute Gasteiger partial charge is 0.252 e. The molecule has 5 rings (SSSR count). The minimum absolute atomic E-state index is 0.0690. The van der Waals surface area contributed by atoms with Gasteiger partial charge in [0.05, 0.1) is 11.3 Å². The van der Waals surface area contributed by atoms with Gasteiger partial charge >= 0.3 is 0 Å². The zero-order chi connectivity index (χ0) is 22.6. The molecule has 2 N–H and O–H groups in total. The summed E-state index contributed by atoms with van der Waals surface area (Å²) in [5.41, 5.74) is 5.12. The molecule has 0 spiro atoms. The van der Waals surface area contributed by atoms with Gasteiger partial charge in [-0.05, 0) is 48.2 Å². The lowest BCUT2D eigenvalue weighted by Gasteiger charge is -2.17. The van der Waals surface area contributed by atoms with E-state index in [-0.39, 0.29) is 11.8 Å². The molecule has 0 aliphatic carbocycles. The Morgan fingerprint density at radius 2 is 1.76 bits per heavy atom. The van der Waals surface area contributed by atoms with Crippen LogP contribution in [0, 0.1) is 0 Å². The van der Waals surface area contributed by atoms with Crippen LogP contribution in [0.3, 0.4) is 0 Å². The number of rotatable bonds is 7. The average molecular weight is 456 g/mol. The van der Waals surface area contributed by atoms with Crippen LogP contribution in [-0.4, -0.2) is 35.6 Å². The molecule has 0 fully saturated rings. The van der Waals surface area contributed by atoms with Crippen molar-refractivity contribution < 1.29 is 9.59 Å². The van der Waals surface area contributed by atoms with Crippen LogP contribution in [0.25, 0.3) is 10.9 Å². The van der Waals surface area contributed by atoms with Gasteiger partial charge in [-0.25, -0.2) is 0 Å². The van der Waals surface area contributed by atoms with Gasteiger partial charge in [-0.2, -0.15) is 0 Å². The van der Waals surface area contributed by atoms with Gasteiger partial charge < -0.3 is 15.2 Å². The third-order valence-corrected chi connectivity index (χ3v) is 7.08. The first-order chi connectivity index (χ1) is 16.2. The summed E-state index contributed by atoms with van der Waals surface area (Å²) in [7, 11) is 0. The van der Waals surface area contributed by atoms with Gasteiger partial charge in [0.15, 0.2) is 0 Å². The highest BCUT2D eigenvalue weighted by Crippen LogP contribution is 2.29. The number of nitrogens with one attached hydrogen (secondary N) is 2. The first kappa shape index (κ1) is 21.3. The predicted molar refractivity (Wildman–Crippen MR) is 134 cm³/mol. The number of H-pyrrole nitrogens is 1. The standard InChI is InChI=1S/C27H25N3O2S/c31-26(30-16-14-19-7-1-5-11-24(19)30)18-33-25-12-6-3-9-22(25)27(32)28-15-13-20-17-29-23-10-4-2-8-21(20)23/h1-12,17,29H,13-16,18H2,(H,28,32). The molecule has 0 atom stereocenters. The summed E-state index contributed by atoms with van der Waals surface area (Å²) in [5.74, 6) is 0.255. The fourth-order valence-corrected chi connectivity index (χ4v) is 5.27. The number of aromatic amines is 1. The number of thioether (sulfide) groups is 1. The topological polar surface area (TPSA) is 65.2 Å². The second kappa shape index (κ2) is 9.55. The van der Waals surface area contributed by atoms with Crippen LogP contribution < -0.4 is 10.2 Å². The van der Waals surface area contributed by atoms with E-state index in [0.717, 1.165) is 28.9 Å². The highest BCUT2D eigenvalue weighted by Gasteiger charge is 2.24. The van der Waals surface area contributed by atoms with Gasteiger partial charge in [0, 0.05) is 40.8 Å². The van der Waals surface area contributed by atoms with Crippen LogP contribution in [0.4, 0.5) is 5.69 Å². The number of benzene rings is 3. The molecule has 0 radical (unpaired) electrons. The maximum atomic E-state index is 12.9. The number of hydrogen-bond donors (Lipinski definition) is 2. The lowest BCUT2D eigenvalue weighted by atomic mass is 10.1. The molecule has 4 aromatic rings. The number of nitrogens with zero attached hydrogens (tertiary/aromatic N) is 1. The average Bonchev–Trinajstić information content (AvgIpc) is 3.47. The zero-order valence-corrected chi connectivity index (χ0v) is 19.0. The maximum absolute atomic E-state index is 12.9. The van der Waals surface area contributed by atoms with Crippen LogP contribution >= 0.6 is 11.8 Å². The number of hydrogen-bond acceptors (Lipinski definition) is 3. The van der Waals surface area contributed by atoms with E-state index in [0.29, 0.717) is 24.4 Å². The minimum Gasteiger partial charge on any atom is -0.361 e. The monoisotopic (exact) mass is 455 g/mol. The Balaban J connectivity index is 1.20. The van der Waals surface area contributed by atoms with Crippen molar-refractivity contribution >= 4 is 40.2 Å². The molecule has 1 aliphatic rings. The molecule has 5 nitrogen and oxygen atoms in total. The Morgan fingerprint density at radius 3 is 2.70 bits per heavy atom. The lowest BCUT2D eigenvalue weighted by Crippen LogP contribution is -2.30. The Kier molecular flexibility index (Phi) is 6.17. The van der Waals surface area contributed by atoms with Gasteiger partial charge in [0.25, 0.3) is 5.91 Å². The Labute approximate surface area is 197 Å². The van der Waals surface area contributed by atoms with E-state index in [1.54, 1.807) is 0 Å². The summed E-state index contributed by atoms with van der Waals surface area (Å²) >= 11 is 1.42. The first-order valence-corrected chi connectivity index (χ1v) is 12.1. The summed E-state index contributed by atoms with van der Waals surface area (Å²) in [6.07, 6.45) is 3.64. The summed E-state index contributed by atoms with van der Waals surface area (Å²) in [4.78, 5) is 31.7. The number of para-hydroxylation sites is 2. The number of carbonyl (C=O) groups excluding carboxylic acids is 2. The molecule has 0 unspecified atom stereocenters. The van der Waals surface area contributed by atoms with E-state index in [4.69, 9.17) is 0 Å². The van der Waals surface area contributed by atoms with E-state index in [9.17, 15) is 9.59 Å². The molecule has 1 aromatic heterocycles. The Morgan fingerprint density at radius 1 is 0.970 bits per heavy atom. The summed E-state index contributed by atoms with van der Waals surface area (Å²) in [6.45, 7) is 1.26. The number of anilines is 1. The van der Waals surface area contributed by atoms with Crippen molar-refractivity contribution in [2.75, 3.05) is 23.7 Å². The summed E-state index contributed by atoms with van der Waals surface area (Å²) in [5, 5.41) is 4.22. The highest BCUT2D eigenvalue weighted by atomic mass is 32.2. The predicted octanol–water partition coefficient (Wildman–Crippen LogP) is 4.82. The molecule has 1 aliphatic heterocycles. The van der Waals surface area contributed by atoms with Crippen LogP contribution in [0.2, 0.25) is 0 Å². The maximum Gasteiger partial charge on any atom is 0.252 e. The van der Waals surface area contributed by atoms with Crippen molar-refractivity contribution in [3.8, 4) is 0 Å². The van der Waals surface area contributed by atoms with Crippen molar-refractivity contribution in [2.45, 2.75) is 17.7 Å². The summed E-state index contributed by atoms with van der Waals surface area (Å²) < 4.78 is 0. The molecular formula is C27H25N3O2S. The molecule has 0 saturated heterocycles. The second-order valence-electron chi connectivity index (χ2n) is 8.07. The third kappa shape index (κ3) is 4.52. The lowest BCUT2D eigenvalue weighted by molar-refractivity contribution is -0.116. The van der Waals surface area contributed by atoms with E-state index in [1.807, 2.05) is 71.8 Å². The van der Waals surface area contributed by atoms with Gasteiger partial charge in [-0.1, -0.05) is 48.5 Å². The first-order valence-electron chi connectivity index (χ1n) is 11.1. The molecule has 33 heavy (non-hydrogen) atoms. The van der Waals surface area contributed by atoms with E-state index < -0.39 is 0 Å². The summed E-state index contributed by atoms with van der Waals surface area (Å²) in [6, 6.07) is 23.7. The van der Waals surface area contributed by atoms with Crippen molar-refractivity contribution in [1.82, 2.24) is 10.3 Å². The van der Waals surface area contributed by atoms with Crippen LogP contribution in [0.5, 0.6) is 0 Å². The van der Waals surface area contributed by atoms with E-state index >= 15 is 0 Å². The number of fused-ring (bicyclic) bond motifs is 2. The SMILES string of the molecule is O=C(NCCc1c[nH]c2ccccc12)c1ccccc1SCC(=O)N1CCc2ccccc21. The molecule has 2 amide bonds. The van der Waals surface area contributed by atoms with Gasteiger partial charge in [0.1, 0.15) is 0 Å². The Hall–Kier alpha value is -3.51. The van der Waals surface area contributed by atoms with Crippen LogP contribution in [-0.2, 0) is 17.6 Å². The number of carbonyl (C=O) groups is 2. The highest BCUT2D eigenvalue weighted by molar-refractivity contribution is 8.00. The molecule has 3 aromatic carbocycles. The van der Waals surface area contributed by atoms with Crippen molar-refractivity contribution in [3.63, 3.8) is 0 Å². The molecule has 0 bridgehead atoms. The zero-order valence-electron chi connectivity index (χ0n) is 18.2. The second-order valence-corrected chi connectivity index (χ2v) is 9.09. The van der Waals surface area contributed by atoms with Crippen molar-refractivity contribution in [1.29, 1.82) is 0 Å². The quantitative estimate of drug-likeness (QED) is 0.393. The van der Waals surface area contributed by atoms with E-state index in [1.165, 1.54) is 28.3 Å². The van der Waals surface area contributed by atoms with Gasteiger partial charge in [-0.15, -0.1) is 11.8 Å². The Bertz CT molecular complexity index is 1310. The largest absolute Gasteiger partial charge is 0.361 e. The molecule has 6 heteroatoms. The molecule has 166 valence electrons. The van der Waals surface area contributed by atoms with Crippen molar-refractivity contribution in [2.24, 2.45) is 0 Å². The fourth-order valence-electron chi connectivity index (χ4n) is 4.34. The van der Waals surface area contributed by atoms with E-state index in [2.05, 4.69) is 22.4 Å². The third-order valence-electron chi connectivity index (χ3n) is 6.03. The van der Waals surface area contributed by atoms with Crippen molar-refractivity contribution in [3.05, 3.63) is 95.7 Å². The molecule has 0 saturated carbocycles. The normalized spacial score (nSPS) is 12.7. The van der Waals surface area contributed by atoms with Gasteiger partial charge in [0.2, 0.25) is 5.91 Å². The minimum atomic E-state index is -0.114. The fraction of sp³-hybridized carbons (Fsp3) is 0.185. The molecule has 2 heterocycles. The van der Waals surface area contributed by atoms with Crippen LogP contribution in [0.15, 0.2) is 83.9 Å². The van der Waals surface area contributed by atoms with Crippen LogP contribution in [0.1, 0.15) is 21.5 Å². The number of amides is 2.